The second-order valence-corrected chi connectivity index (χ2v) is 0. The molecule has 0 rings (SSSR count). The second kappa shape index (κ2) is 44.2. The normalized spacial score (nSPS) is 0. The van der Waals surface area contributed by atoms with Crippen molar-refractivity contribution < 1.29 is 50.9 Å². The molecule has 0 aromatic carbocycles. The first-order valence-electron chi connectivity index (χ1n) is 0. The van der Waals surface area contributed by atoms with E-state index in [0.717, 1.165) is 0 Å². The summed E-state index contributed by atoms with van der Waals surface area (Å²) in [5.74, 6) is 0. The summed E-state index contributed by atoms with van der Waals surface area (Å²) in [6.07, 6.45) is 0. The van der Waals surface area contributed by atoms with Crippen molar-refractivity contribution in [1.29, 1.82) is 0 Å². The Morgan fingerprint density at radius 2 is 0.600 bits per heavy atom. The zero-order chi connectivity index (χ0) is 0. The van der Waals surface area contributed by atoms with Crippen molar-refractivity contribution in [2.45, 2.75) is 0 Å². The predicted molar refractivity (Wildman–Crippen MR) is 11.5 cm³/mol. The van der Waals surface area contributed by atoms with Gasteiger partial charge in [0.05, 0.1) is 0 Å². The molecule has 0 saturated heterocycles. The molecule has 0 aromatic heterocycles. The minimum atomic E-state index is 0. The maximum Gasteiger partial charge on any atom is 0 e. The zero-order valence-electron chi connectivity index (χ0n) is 2.20. The first kappa shape index (κ1) is 76.6. The van der Waals surface area contributed by atoms with Crippen LogP contribution in [0, 0.1) is 0 Å². The molecular formula is B2CoFe2. The Kier molecular flexibility index (Phi) is 677. The molecule has 0 fully saturated rings. The van der Waals surface area contributed by atoms with E-state index < -0.39 is 0 Å². The summed E-state index contributed by atoms with van der Waals surface area (Å²) in [5.41, 5.74) is 0. The molecule has 0 aromatic rings. The molecule has 31 valence electrons. The van der Waals surface area contributed by atoms with Gasteiger partial charge in [-0.3, -0.25) is 0 Å². The summed E-state index contributed by atoms with van der Waals surface area (Å²) in [6.45, 7) is 0. The third-order valence-electron chi connectivity index (χ3n) is 0. The monoisotopic (exact) mass is 193 g/mol. The van der Waals surface area contributed by atoms with Crippen LogP contribution in [0.5, 0.6) is 0 Å². The third kappa shape index (κ3) is 27.3. The van der Waals surface area contributed by atoms with Crippen molar-refractivity contribution in [2.75, 3.05) is 0 Å². The van der Waals surface area contributed by atoms with Gasteiger partial charge in [0, 0.05) is 67.7 Å². The molecule has 0 bridgehead atoms. The van der Waals surface area contributed by atoms with Gasteiger partial charge in [-0.25, -0.2) is 0 Å². The van der Waals surface area contributed by atoms with Crippen LogP contribution in [0.3, 0.4) is 0 Å². The van der Waals surface area contributed by atoms with E-state index in [1.54, 1.807) is 0 Å². The van der Waals surface area contributed by atoms with Crippen LogP contribution in [0.15, 0.2) is 0 Å². The van der Waals surface area contributed by atoms with E-state index in [1.165, 1.54) is 0 Å². The fraction of sp³-hybridized carbons (Fsp3) is 0. The Labute approximate surface area is 67.5 Å². The van der Waals surface area contributed by atoms with Crippen LogP contribution in [-0.2, 0) is 50.9 Å². The molecule has 7 radical (unpaired) electrons. The average Bonchev–Trinajstić information content (AvgIpc) is 0. The van der Waals surface area contributed by atoms with Crippen LogP contribution in [0.2, 0.25) is 0 Å². The van der Waals surface area contributed by atoms with Crippen LogP contribution < -0.4 is 0 Å². The number of hydrogen-bond donors (Lipinski definition) is 0. The van der Waals surface area contributed by atoms with Crippen LogP contribution >= 0.6 is 0 Å². The summed E-state index contributed by atoms with van der Waals surface area (Å²) >= 11 is 0. The molecule has 5 heavy (non-hydrogen) atoms. The molecule has 0 amide bonds. The van der Waals surface area contributed by atoms with Crippen molar-refractivity contribution in [3.63, 3.8) is 0 Å². The fourth-order valence-electron chi connectivity index (χ4n) is 0. The molecule has 0 nitrogen and oxygen atoms in total. The SMILES string of the molecule is [B].[B].[Co].[Fe].[Fe]. The predicted octanol–water partition coefficient (Wildman–Crippen LogP) is -0.769. The number of rotatable bonds is 0. The smallest absolute Gasteiger partial charge is 0 e. The standard InChI is InChI=1S/2B.Co.2Fe. The van der Waals surface area contributed by atoms with E-state index in [-0.39, 0.29) is 67.7 Å². The molecule has 0 heterocycles. The van der Waals surface area contributed by atoms with E-state index in [4.69, 9.17) is 0 Å². The summed E-state index contributed by atoms with van der Waals surface area (Å²) in [7, 11) is 0. The van der Waals surface area contributed by atoms with E-state index in [1.807, 2.05) is 0 Å². The van der Waals surface area contributed by atoms with Gasteiger partial charge in [-0.2, -0.15) is 0 Å². The van der Waals surface area contributed by atoms with E-state index in [2.05, 4.69) is 0 Å². The Balaban J connectivity index is 0. The third-order valence-corrected chi connectivity index (χ3v) is 0. The van der Waals surface area contributed by atoms with Gasteiger partial charge in [0.1, 0.15) is 0 Å². The van der Waals surface area contributed by atoms with Crippen molar-refractivity contribution in [2.24, 2.45) is 0 Å². The Morgan fingerprint density at radius 3 is 0.600 bits per heavy atom. The molecule has 5 heteroatoms. The number of hydrogen-bond acceptors (Lipinski definition) is 0. The summed E-state index contributed by atoms with van der Waals surface area (Å²) in [6, 6.07) is 0. The van der Waals surface area contributed by atoms with Gasteiger partial charge in [0.2, 0.25) is 0 Å². The molecule has 0 saturated carbocycles. The largest absolute Gasteiger partial charge is 0 e. The topological polar surface area (TPSA) is 0 Å². The Bertz CT molecular complexity index is 7.61. The van der Waals surface area contributed by atoms with Crippen molar-refractivity contribution in [3.05, 3.63) is 0 Å². The van der Waals surface area contributed by atoms with Crippen LogP contribution in [0.1, 0.15) is 0 Å². The minimum Gasteiger partial charge on any atom is 0 e. The second-order valence-electron chi connectivity index (χ2n) is 0. The van der Waals surface area contributed by atoms with E-state index in [9.17, 15) is 0 Å². The van der Waals surface area contributed by atoms with Crippen molar-refractivity contribution >= 4 is 16.8 Å². The zero-order valence-corrected chi connectivity index (χ0v) is 5.44. The van der Waals surface area contributed by atoms with E-state index in [0.29, 0.717) is 0 Å². The Hall–Kier alpha value is 1.68. The summed E-state index contributed by atoms with van der Waals surface area (Å²) < 4.78 is 0. The molecular weight excluding hydrogens is 192 g/mol. The summed E-state index contributed by atoms with van der Waals surface area (Å²) in [5, 5.41) is 0. The van der Waals surface area contributed by atoms with Gasteiger partial charge in [-0.1, -0.05) is 0 Å². The van der Waals surface area contributed by atoms with Gasteiger partial charge in [0.25, 0.3) is 0 Å². The van der Waals surface area contributed by atoms with Gasteiger partial charge >= 0.3 is 0 Å². The molecule has 0 spiro atoms. The molecule has 0 atom stereocenters. The van der Waals surface area contributed by atoms with Crippen LogP contribution in [0.4, 0.5) is 0 Å². The maximum absolute atomic E-state index is 0. The van der Waals surface area contributed by atoms with Crippen LogP contribution in [-0.4, -0.2) is 16.8 Å². The first-order valence-corrected chi connectivity index (χ1v) is 0. The van der Waals surface area contributed by atoms with Gasteiger partial charge in [-0.05, 0) is 0 Å². The maximum atomic E-state index is 0. The molecule has 0 aliphatic heterocycles. The summed E-state index contributed by atoms with van der Waals surface area (Å²) in [4.78, 5) is 0. The molecule has 0 N–H and O–H groups in total. The molecule has 0 aliphatic rings. The van der Waals surface area contributed by atoms with Crippen LogP contribution in [0.25, 0.3) is 0 Å². The van der Waals surface area contributed by atoms with Crippen molar-refractivity contribution in [3.8, 4) is 0 Å². The fourth-order valence-corrected chi connectivity index (χ4v) is 0. The van der Waals surface area contributed by atoms with Gasteiger partial charge in [-0.15, -0.1) is 0 Å². The average molecular weight is 192 g/mol. The molecule has 0 unspecified atom stereocenters. The minimum absolute atomic E-state index is 0. The van der Waals surface area contributed by atoms with Crippen molar-refractivity contribution in [1.82, 2.24) is 0 Å². The van der Waals surface area contributed by atoms with E-state index >= 15 is 0 Å². The molecule has 0 aliphatic carbocycles. The van der Waals surface area contributed by atoms with Gasteiger partial charge in [0.15, 0.2) is 0 Å². The quantitative estimate of drug-likeness (QED) is 0.442. The Morgan fingerprint density at radius 1 is 0.600 bits per heavy atom. The van der Waals surface area contributed by atoms with Gasteiger partial charge < -0.3 is 0 Å². The first-order chi connectivity index (χ1) is 0.